The highest BCUT2D eigenvalue weighted by Crippen LogP contribution is 2.28. The summed E-state index contributed by atoms with van der Waals surface area (Å²) in [5, 5.41) is 0. The van der Waals surface area contributed by atoms with E-state index < -0.39 is 0 Å². The van der Waals surface area contributed by atoms with Crippen molar-refractivity contribution in [2.75, 3.05) is 31.1 Å². The number of rotatable bonds is 3. The molecule has 0 bridgehead atoms. The van der Waals surface area contributed by atoms with E-state index in [2.05, 4.69) is 46.0 Å². The smallest absolute Gasteiger partial charge is 0.129 e. The van der Waals surface area contributed by atoms with Gasteiger partial charge in [-0.3, -0.25) is 4.90 Å². The predicted octanol–water partition coefficient (Wildman–Crippen LogP) is 2.40. The first-order valence-electron chi connectivity index (χ1n) is 6.94. The van der Waals surface area contributed by atoms with E-state index in [4.69, 9.17) is 0 Å². The summed E-state index contributed by atoms with van der Waals surface area (Å²) in [7, 11) is 0. The molecule has 2 fully saturated rings. The van der Waals surface area contributed by atoms with Gasteiger partial charge in [0.05, 0.1) is 0 Å². The standard InChI is InChI=1S/C15H21N3/c1-2-3-13-6-7-16-15(12-13)18-10-8-17(9-11-18)14-4-5-14/h2-3,6-7,12,14H,4-5,8-11H2,1H3/b3-2+. The monoisotopic (exact) mass is 243 g/mol. The van der Waals surface area contributed by atoms with E-state index in [-0.39, 0.29) is 0 Å². The molecule has 3 rings (SSSR count). The fourth-order valence-electron chi connectivity index (χ4n) is 2.66. The Bertz CT molecular complexity index is 429. The molecule has 1 saturated heterocycles. The summed E-state index contributed by atoms with van der Waals surface area (Å²) in [6, 6.07) is 5.14. The second-order valence-electron chi connectivity index (χ2n) is 5.20. The minimum absolute atomic E-state index is 0.898. The molecule has 0 radical (unpaired) electrons. The van der Waals surface area contributed by atoms with Crippen LogP contribution < -0.4 is 4.90 Å². The summed E-state index contributed by atoms with van der Waals surface area (Å²) in [5.41, 5.74) is 1.24. The Morgan fingerprint density at radius 3 is 2.67 bits per heavy atom. The third-order valence-electron chi connectivity index (χ3n) is 3.83. The molecule has 3 nitrogen and oxygen atoms in total. The molecule has 3 heteroatoms. The topological polar surface area (TPSA) is 19.4 Å². The Hall–Kier alpha value is -1.35. The zero-order valence-electron chi connectivity index (χ0n) is 11.0. The van der Waals surface area contributed by atoms with Gasteiger partial charge >= 0.3 is 0 Å². The molecule has 18 heavy (non-hydrogen) atoms. The van der Waals surface area contributed by atoms with Crippen molar-refractivity contribution < 1.29 is 0 Å². The molecule has 1 aliphatic carbocycles. The van der Waals surface area contributed by atoms with E-state index >= 15 is 0 Å². The molecule has 0 atom stereocenters. The zero-order chi connectivity index (χ0) is 12.4. The molecule has 0 unspecified atom stereocenters. The lowest BCUT2D eigenvalue weighted by atomic mass is 10.2. The lowest BCUT2D eigenvalue weighted by Crippen LogP contribution is -2.47. The maximum Gasteiger partial charge on any atom is 0.129 e. The Morgan fingerprint density at radius 1 is 1.22 bits per heavy atom. The first-order chi connectivity index (χ1) is 8.86. The summed E-state index contributed by atoms with van der Waals surface area (Å²) in [6.07, 6.45) is 8.94. The van der Waals surface area contributed by atoms with E-state index in [1.165, 1.54) is 31.5 Å². The van der Waals surface area contributed by atoms with Crippen molar-refractivity contribution in [1.82, 2.24) is 9.88 Å². The SMILES string of the molecule is C/C=C/c1ccnc(N2CCN(C3CC3)CC2)c1. The molecule has 1 aromatic heterocycles. The van der Waals surface area contributed by atoms with Gasteiger partial charge in [0.2, 0.25) is 0 Å². The average molecular weight is 243 g/mol. The minimum Gasteiger partial charge on any atom is -0.354 e. The summed E-state index contributed by atoms with van der Waals surface area (Å²) >= 11 is 0. The lowest BCUT2D eigenvalue weighted by molar-refractivity contribution is 0.247. The molecular weight excluding hydrogens is 222 g/mol. The van der Waals surface area contributed by atoms with Crippen LogP contribution in [-0.2, 0) is 0 Å². The number of anilines is 1. The summed E-state index contributed by atoms with van der Waals surface area (Å²) in [4.78, 5) is 9.54. The maximum atomic E-state index is 4.50. The second-order valence-corrected chi connectivity index (χ2v) is 5.20. The van der Waals surface area contributed by atoms with Crippen LogP contribution >= 0.6 is 0 Å². The first kappa shape index (κ1) is 11.7. The number of hydrogen-bond acceptors (Lipinski definition) is 3. The normalized spacial score (nSPS) is 21.7. The number of aromatic nitrogens is 1. The van der Waals surface area contributed by atoms with Crippen molar-refractivity contribution in [3.8, 4) is 0 Å². The molecule has 0 spiro atoms. The molecule has 2 heterocycles. The van der Waals surface area contributed by atoms with Crippen molar-refractivity contribution in [3.05, 3.63) is 30.0 Å². The zero-order valence-corrected chi connectivity index (χ0v) is 11.0. The highest BCUT2D eigenvalue weighted by Gasteiger charge is 2.31. The molecule has 0 amide bonds. The average Bonchev–Trinajstić information content (AvgIpc) is 3.24. The summed E-state index contributed by atoms with van der Waals surface area (Å²) in [6.45, 7) is 6.67. The van der Waals surface area contributed by atoms with Crippen molar-refractivity contribution in [3.63, 3.8) is 0 Å². The molecule has 96 valence electrons. The summed E-state index contributed by atoms with van der Waals surface area (Å²) in [5.74, 6) is 1.13. The number of piperazine rings is 1. The largest absolute Gasteiger partial charge is 0.354 e. The molecule has 2 aliphatic rings. The van der Waals surface area contributed by atoms with Gasteiger partial charge in [0.1, 0.15) is 5.82 Å². The van der Waals surface area contributed by atoms with Gasteiger partial charge in [0, 0.05) is 38.4 Å². The number of hydrogen-bond donors (Lipinski definition) is 0. The fraction of sp³-hybridized carbons (Fsp3) is 0.533. The van der Waals surface area contributed by atoms with E-state index in [9.17, 15) is 0 Å². The van der Waals surface area contributed by atoms with Crippen LogP contribution in [0, 0.1) is 0 Å². The van der Waals surface area contributed by atoms with Gasteiger partial charge in [-0.15, -0.1) is 0 Å². The predicted molar refractivity (Wildman–Crippen MR) is 75.8 cm³/mol. The third-order valence-corrected chi connectivity index (χ3v) is 3.83. The van der Waals surface area contributed by atoms with E-state index in [1.54, 1.807) is 0 Å². The Balaban J connectivity index is 1.66. The highest BCUT2D eigenvalue weighted by molar-refractivity contribution is 5.54. The van der Waals surface area contributed by atoms with Gasteiger partial charge in [-0.2, -0.15) is 0 Å². The maximum absolute atomic E-state index is 4.50. The minimum atomic E-state index is 0.898. The number of allylic oxidation sites excluding steroid dienone is 1. The third kappa shape index (κ3) is 2.56. The van der Waals surface area contributed by atoms with Crippen molar-refractivity contribution in [2.24, 2.45) is 0 Å². The van der Waals surface area contributed by atoms with Crippen LogP contribution in [0.25, 0.3) is 6.08 Å². The van der Waals surface area contributed by atoms with Crippen molar-refractivity contribution in [1.29, 1.82) is 0 Å². The first-order valence-corrected chi connectivity index (χ1v) is 6.94. The second kappa shape index (κ2) is 5.11. The fourth-order valence-corrected chi connectivity index (χ4v) is 2.66. The van der Waals surface area contributed by atoms with Crippen LogP contribution in [0.5, 0.6) is 0 Å². The van der Waals surface area contributed by atoms with Crippen LogP contribution in [0.4, 0.5) is 5.82 Å². The molecule has 0 N–H and O–H groups in total. The molecular formula is C15H21N3. The van der Waals surface area contributed by atoms with Crippen LogP contribution in [0.3, 0.4) is 0 Å². The highest BCUT2D eigenvalue weighted by atomic mass is 15.3. The van der Waals surface area contributed by atoms with E-state index in [0.29, 0.717) is 0 Å². The Labute approximate surface area is 109 Å². The lowest BCUT2D eigenvalue weighted by Gasteiger charge is -2.35. The van der Waals surface area contributed by atoms with Crippen LogP contribution in [0.2, 0.25) is 0 Å². The van der Waals surface area contributed by atoms with Crippen LogP contribution in [0.1, 0.15) is 25.3 Å². The molecule has 1 aliphatic heterocycles. The van der Waals surface area contributed by atoms with Gasteiger partial charge in [-0.25, -0.2) is 4.98 Å². The van der Waals surface area contributed by atoms with Crippen molar-refractivity contribution in [2.45, 2.75) is 25.8 Å². The summed E-state index contributed by atoms with van der Waals surface area (Å²) < 4.78 is 0. The van der Waals surface area contributed by atoms with E-state index in [1.807, 2.05) is 6.20 Å². The number of pyridine rings is 1. The van der Waals surface area contributed by atoms with Gasteiger partial charge in [0.25, 0.3) is 0 Å². The molecule has 1 aromatic rings. The van der Waals surface area contributed by atoms with Crippen molar-refractivity contribution >= 4 is 11.9 Å². The van der Waals surface area contributed by atoms with Gasteiger partial charge < -0.3 is 4.90 Å². The van der Waals surface area contributed by atoms with Gasteiger partial charge in [0.15, 0.2) is 0 Å². The number of nitrogens with zero attached hydrogens (tertiary/aromatic N) is 3. The van der Waals surface area contributed by atoms with Crippen LogP contribution in [0.15, 0.2) is 24.4 Å². The van der Waals surface area contributed by atoms with Gasteiger partial charge in [-0.05, 0) is 37.5 Å². The molecule has 0 aromatic carbocycles. The van der Waals surface area contributed by atoms with E-state index in [0.717, 1.165) is 24.9 Å². The molecule has 1 saturated carbocycles. The van der Waals surface area contributed by atoms with Gasteiger partial charge in [-0.1, -0.05) is 12.2 Å². The Kier molecular flexibility index (Phi) is 3.33. The van der Waals surface area contributed by atoms with Crippen LogP contribution in [-0.4, -0.2) is 42.1 Å². The quantitative estimate of drug-likeness (QED) is 0.812. The Morgan fingerprint density at radius 2 is 2.00 bits per heavy atom.